The molecule has 0 bridgehead atoms. The molecule has 2 heterocycles. The van der Waals surface area contributed by atoms with E-state index in [9.17, 15) is 9.18 Å². The zero-order valence-corrected chi connectivity index (χ0v) is 13.6. The SMILES string of the molecule is Cc1ncc(Nc2nc(NC3CCCCC3)c(F)cc2C=O)cn1. The first kappa shape index (κ1) is 16.3. The Morgan fingerprint density at radius 3 is 2.54 bits per heavy atom. The molecule has 0 radical (unpaired) electrons. The predicted molar refractivity (Wildman–Crippen MR) is 90.1 cm³/mol. The summed E-state index contributed by atoms with van der Waals surface area (Å²) >= 11 is 0. The maximum Gasteiger partial charge on any atom is 0.166 e. The topological polar surface area (TPSA) is 79.8 Å². The Morgan fingerprint density at radius 2 is 1.88 bits per heavy atom. The first-order valence-corrected chi connectivity index (χ1v) is 8.13. The van der Waals surface area contributed by atoms with E-state index in [0.717, 1.165) is 25.7 Å². The summed E-state index contributed by atoms with van der Waals surface area (Å²) in [5.74, 6) is 0.580. The number of anilines is 3. The number of carbonyl (C=O) groups excluding carboxylic acids is 1. The molecule has 1 fully saturated rings. The molecular weight excluding hydrogens is 309 g/mol. The minimum atomic E-state index is -0.520. The lowest BCUT2D eigenvalue weighted by Crippen LogP contribution is -2.23. The van der Waals surface area contributed by atoms with Crippen molar-refractivity contribution in [1.29, 1.82) is 0 Å². The van der Waals surface area contributed by atoms with Gasteiger partial charge in [0.2, 0.25) is 0 Å². The molecule has 24 heavy (non-hydrogen) atoms. The van der Waals surface area contributed by atoms with Crippen molar-refractivity contribution in [3.05, 3.63) is 35.7 Å². The van der Waals surface area contributed by atoms with Gasteiger partial charge in [-0.1, -0.05) is 19.3 Å². The highest BCUT2D eigenvalue weighted by molar-refractivity contribution is 5.84. The van der Waals surface area contributed by atoms with Gasteiger partial charge in [0.1, 0.15) is 11.6 Å². The van der Waals surface area contributed by atoms with Crippen molar-refractivity contribution in [2.75, 3.05) is 10.6 Å². The third kappa shape index (κ3) is 3.84. The van der Waals surface area contributed by atoms with E-state index in [-0.39, 0.29) is 23.2 Å². The highest BCUT2D eigenvalue weighted by atomic mass is 19.1. The number of aromatic nitrogens is 3. The Hall–Kier alpha value is -2.57. The van der Waals surface area contributed by atoms with E-state index >= 15 is 0 Å². The summed E-state index contributed by atoms with van der Waals surface area (Å²) in [6, 6.07) is 1.42. The fraction of sp³-hybridized carbons (Fsp3) is 0.412. The van der Waals surface area contributed by atoms with E-state index in [0.29, 0.717) is 17.8 Å². The van der Waals surface area contributed by atoms with E-state index in [2.05, 4.69) is 25.6 Å². The summed E-state index contributed by atoms with van der Waals surface area (Å²) in [7, 11) is 0. The van der Waals surface area contributed by atoms with Crippen molar-refractivity contribution in [1.82, 2.24) is 15.0 Å². The van der Waals surface area contributed by atoms with E-state index < -0.39 is 5.82 Å². The van der Waals surface area contributed by atoms with Crippen LogP contribution in [-0.2, 0) is 0 Å². The molecule has 0 aromatic carbocycles. The Morgan fingerprint density at radius 1 is 1.17 bits per heavy atom. The number of hydrogen-bond donors (Lipinski definition) is 2. The molecule has 2 aromatic heterocycles. The highest BCUT2D eigenvalue weighted by Crippen LogP contribution is 2.26. The van der Waals surface area contributed by atoms with Gasteiger partial charge in [-0.15, -0.1) is 0 Å². The second-order valence-electron chi connectivity index (χ2n) is 6.00. The van der Waals surface area contributed by atoms with Crippen LogP contribution in [0.25, 0.3) is 0 Å². The Balaban J connectivity index is 1.84. The zero-order valence-electron chi connectivity index (χ0n) is 13.6. The van der Waals surface area contributed by atoms with Gasteiger partial charge in [0.25, 0.3) is 0 Å². The Bertz CT molecular complexity index is 714. The largest absolute Gasteiger partial charge is 0.365 e. The number of nitrogens with zero attached hydrogens (tertiary/aromatic N) is 3. The van der Waals surface area contributed by atoms with Gasteiger partial charge in [0.15, 0.2) is 17.9 Å². The predicted octanol–water partition coefficient (Wildman–Crippen LogP) is 3.62. The maximum absolute atomic E-state index is 14.2. The molecule has 2 aromatic rings. The molecule has 0 saturated heterocycles. The van der Waals surface area contributed by atoms with Gasteiger partial charge in [-0.3, -0.25) is 4.79 Å². The van der Waals surface area contributed by atoms with Crippen LogP contribution in [0.3, 0.4) is 0 Å². The number of rotatable bonds is 5. The Labute approximate surface area is 139 Å². The number of nitrogens with one attached hydrogen (secondary N) is 2. The van der Waals surface area contributed by atoms with E-state index in [1.54, 1.807) is 19.3 Å². The highest BCUT2D eigenvalue weighted by Gasteiger charge is 2.18. The van der Waals surface area contributed by atoms with Gasteiger partial charge in [-0.2, -0.15) is 0 Å². The fourth-order valence-electron chi connectivity index (χ4n) is 2.83. The summed E-state index contributed by atoms with van der Waals surface area (Å²) < 4.78 is 14.2. The van der Waals surface area contributed by atoms with Crippen LogP contribution in [0.5, 0.6) is 0 Å². The maximum atomic E-state index is 14.2. The standard InChI is InChI=1S/C17H20FN5O/c1-11-19-8-14(9-20-11)22-16-12(10-24)7-15(18)17(23-16)21-13-5-3-2-4-6-13/h7-10,13H,2-6H2,1H3,(H2,21,22,23). The number of halogens is 1. The molecule has 1 saturated carbocycles. The van der Waals surface area contributed by atoms with Gasteiger partial charge in [-0.05, 0) is 25.8 Å². The summed E-state index contributed by atoms with van der Waals surface area (Å²) in [6.45, 7) is 1.78. The van der Waals surface area contributed by atoms with Crippen molar-refractivity contribution in [3.63, 3.8) is 0 Å². The first-order chi connectivity index (χ1) is 11.7. The molecule has 7 heteroatoms. The monoisotopic (exact) mass is 329 g/mol. The van der Waals surface area contributed by atoms with Crippen molar-refractivity contribution >= 4 is 23.6 Å². The van der Waals surface area contributed by atoms with Gasteiger partial charge in [0, 0.05) is 6.04 Å². The molecule has 0 unspecified atom stereocenters. The quantitative estimate of drug-likeness (QED) is 0.816. The van der Waals surface area contributed by atoms with Crippen LogP contribution in [0.2, 0.25) is 0 Å². The van der Waals surface area contributed by atoms with E-state index in [1.165, 1.54) is 12.5 Å². The lowest BCUT2D eigenvalue weighted by Gasteiger charge is -2.24. The normalized spacial score (nSPS) is 15.1. The second-order valence-corrected chi connectivity index (χ2v) is 6.00. The number of hydrogen-bond acceptors (Lipinski definition) is 6. The van der Waals surface area contributed by atoms with Crippen molar-refractivity contribution < 1.29 is 9.18 Å². The number of pyridine rings is 1. The third-order valence-electron chi connectivity index (χ3n) is 4.12. The number of aldehydes is 1. The molecule has 6 nitrogen and oxygen atoms in total. The molecule has 3 rings (SSSR count). The number of aryl methyl sites for hydroxylation is 1. The van der Waals surface area contributed by atoms with E-state index in [4.69, 9.17) is 0 Å². The molecule has 126 valence electrons. The fourth-order valence-corrected chi connectivity index (χ4v) is 2.83. The lowest BCUT2D eigenvalue weighted by molar-refractivity contribution is 0.112. The molecule has 0 aliphatic heterocycles. The van der Waals surface area contributed by atoms with Gasteiger partial charge in [-0.25, -0.2) is 19.3 Å². The van der Waals surface area contributed by atoms with Crippen molar-refractivity contribution in [3.8, 4) is 0 Å². The van der Waals surface area contributed by atoms with Gasteiger partial charge < -0.3 is 10.6 Å². The van der Waals surface area contributed by atoms with Crippen LogP contribution in [0.1, 0.15) is 48.3 Å². The average molecular weight is 329 g/mol. The molecular formula is C17H20FN5O. The molecule has 0 amide bonds. The minimum absolute atomic E-state index is 0.155. The smallest absolute Gasteiger partial charge is 0.166 e. The van der Waals surface area contributed by atoms with Gasteiger partial charge in [0.05, 0.1) is 23.6 Å². The molecule has 0 atom stereocenters. The third-order valence-corrected chi connectivity index (χ3v) is 4.12. The van der Waals surface area contributed by atoms with Crippen LogP contribution in [0.4, 0.5) is 21.7 Å². The van der Waals surface area contributed by atoms with Crippen molar-refractivity contribution in [2.45, 2.75) is 45.1 Å². The summed E-state index contributed by atoms with van der Waals surface area (Å²) in [5, 5.41) is 6.14. The van der Waals surface area contributed by atoms with Crippen LogP contribution >= 0.6 is 0 Å². The van der Waals surface area contributed by atoms with Gasteiger partial charge >= 0.3 is 0 Å². The summed E-state index contributed by atoms with van der Waals surface area (Å²) in [5.41, 5.74) is 0.744. The lowest BCUT2D eigenvalue weighted by atomic mass is 9.95. The van der Waals surface area contributed by atoms with Crippen LogP contribution in [-0.4, -0.2) is 27.3 Å². The Kier molecular flexibility index (Phi) is 4.98. The molecule has 1 aliphatic rings. The van der Waals surface area contributed by atoms with Crippen LogP contribution in [0.15, 0.2) is 18.5 Å². The van der Waals surface area contributed by atoms with Crippen molar-refractivity contribution in [2.24, 2.45) is 0 Å². The minimum Gasteiger partial charge on any atom is -0.365 e. The molecule has 1 aliphatic carbocycles. The zero-order chi connectivity index (χ0) is 16.9. The van der Waals surface area contributed by atoms with E-state index in [1.807, 2.05) is 0 Å². The van der Waals surface area contributed by atoms with Crippen LogP contribution < -0.4 is 10.6 Å². The average Bonchev–Trinajstić information content (AvgIpc) is 2.60. The number of carbonyl (C=O) groups is 1. The first-order valence-electron chi connectivity index (χ1n) is 8.13. The van der Waals surface area contributed by atoms with Crippen LogP contribution in [0, 0.1) is 12.7 Å². The molecule has 2 N–H and O–H groups in total. The summed E-state index contributed by atoms with van der Waals surface area (Å²) in [4.78, 5) is 23.7. The summed E-state index contributed by atoms with van der Waals surface area (Å²) in [6.07, 6.45) is 9.27. The molecule has 0 spiro atoms. The second kappa shape index (κ2) is 7.33.